The number of hydrogen-bond acceptors (Lipinski definition) is 12. The van der Waals surface area contributed by atoms with Gasteiger partial charge in [0.2, 0.25) is 0 Å². The van der Waals surface area contributed by atoms with Gasteiger partial charge in [0, 0.05) is 6.61 Å². The van der Waals surface area contributed by atoms with E-state index >= 15 is 0 Å². The summed E-state index contributed by atoms with van der Waals surface area (Å²) in [6, 6.07) is 0. The molecule has 0 heterocycles. The van der Waals surface area contributed by atoms with Gasteiger partial charge in [-0.15, -0.1) is 0 Å². The average Bonchev–Trinajstić information content (AvgIpc) is 2.87. The van der Waals surface area contributed by atoms with E-state index < -0.39 is 33.7 Å². The molecule has 0 saturated carbocycles. The molecule has 16 nitrogen and oxygen atoms in total. The second kappa shape index (κ2) is 44.7. The van der Waals surface area contributed by atoms with Gasteiger partial charge in [0.1, 0.15) is 25.9 Å². The van der Waals surface area contributed by atoms with Gasteiger partial charge in [-0.3, -0.25) is 23.4 Å². The summed E-state index contributed by atoms with van der Waals surface area (Å²) in [5.74, 6) is -1.63. The molecule has 0 saturated heterocycles. The topological polar surface area (TPSA) is 231 Å². The van der Waals surface area contributed by atoms with Crippen LogP contribution in [0.3, 0.4) is 0 Å². The lowest BCUT2D eigenvalue weighted by atomic mass is 10.2. The Bertz CT molecular complexity index is 843. The maximum atomic E-state index is 11.1. The molecule has 0 aliphatic carbocycles. The smallest absolute Gasteiger partial charge is 0.463 e. The fourth-order valence-electron chi connectivity index (χ4n) is 2.08. The number of hydrogen-bond donors (Lipinski definition) is 4. The van der Waals surface area contributed by atoms with E-state index in [-0.39, 0.29) is 109 Å². The van der Waals surface area contributed by atoms with Gasteiger partial charge in [-0.2, -0.15) is 0 Å². The predicted octanol–water partition coefficient (Wildman–Crippen LogP) is 8.08. The molecule has 2 unspecified atom stereocenters. The van der Waals surface area contributed by atoms with Crippen molar-refractivity contribution in [1.29, 1.82) is 0 Å². The third kappa shape index (κ3) is 64.0. The van der Waals surface area contributed by atoms with Crippen LogP contribution in [0, 0.1) is 17.8 Å². The van der Waals surface area contributed by atoms with Crippen molar-refractivity contribution in [3.63, 3.8) is 0 Å². The summed E-state index contributed by atoms with van der Waals surface area (Å²) in [5.41, 5.74) is 0. The summed E-state index contributed by atoms with van der Waals surface area (Å²) >= 11 is 0. The van der Waals surface area contributed by atoms with E-state index in [9.17, 15) is 23.5 Å². The monoisotopic (exact) mass is 799 g/mol. The molecule has 0 aliphatic rings. The summed E-state index contributed by atoms with van der Waals surface area (Å²) in [6.07, 6.45) is 0.287. The van der Waals surface area contributed by atoms with Crippen LogP contribution in [-0.2, 0) is 56.2 Å². The summed E-state index contributed by atoms with van der Waals surface area (Å²) < 4.78 is 53.8. The van der Waals surface area contributed by atoms with Gasteiger partial charge in [0.15, 0.2) is 0 Å². The minimum Gasteiger partial charge on any atom is -0.463 e. The number of ether oxygens (including phenoxy) is 5. The van der Waals surface area contributed by atoms with Crippen molar-refractivity contribution in [2.24, 2.45) is 17.8 Å². The SMILES string of the molecule is C.C.C.C.C.C.C.C.CC(C)C(=O)OCCOP(=O)(O)O.CC(COC(=O)C(C)C)OP(=O)(O)O.CCCOC(C)COCCOC(=O)C(C)C. The van der Waals surface area contributed by atoms with Crippen molar-refractivity contribution in [2.45, 2.75) is 140 Å². The second-order valence-corrected chi connectivity index (χ2v) is 12.3. The summed E-state index contributed by atoms with van der Waals surface area (Å²) in [7, 11) is -8.94. The minimum atomic E-state index is -4.50. The van der Waals surface area contributed by atoms with E-state index in [4.69, 9.17) is 38.5 Å². The highest BCUT2D eigenvalue weighted by Crippen LogP contribution is 2.37. The van der Waals surface area contributed by atoms with Crippen LogP contribution in [0.25, 0.3) is 0 Å². The first-order valence-corrected chi connectivity index (χ1v) is 16.8. The van der Waals surface area contributed by atoms with Gasteiger partial charge in [-0.05, 0) is 20.3 Å². The van der Waals surface area contributed by atoms with Gasteiger partial charge in [-0.1, -0.05) is 108 Å². The molecule has 0 spiro atoms. The fraction of sp³-hybridized carbons (Fsp3) is 0.909. The maximum absolute atomic E-state index is 11.1. The van der Waals surface area contributed by atoms with Crippen LogP contribution < -0.4 is 0 Å². The van der Waals surface area contributed by atoms with Crippen LogP contribution in [0.15, 0.2) is 0 Å². The fourth-order valence-corrected chi connectivity index (χ4v) is 2.92. The van der Waals surface area contributed by atoms with E-state index in [0.29, 0.717) is 19.8 Å². The zero-order valence-corrected chi connectivity index (χ0v) is 28.4. The van der Waals surface area contributed by atoms with Crippen molar-refractivity contribution < 1.29 is 75.8 Å². The normalized spacial score (nSPS) is 10.9. The lowest BCUT2D eigenvalue weighted by Gasteiger charge is -2.14. The Morgan fingerprint density at radius 2 is 0.882 bits per heavy atom. The lowest BCUT2D eigenvalue weighted by molar-refractivity contribution is -0.150. The van der Waals surface area contributed by atoms with Crippen LogP contribution >= 0.6 is 15.6 Å². The summed E-state index contributed by atoms with van der Waals surface area (Å²) in [4.78, 5) is 66.1. The number of phosphoric ester groups is 2. The summed E-state index contributed by atoms with van der Waals surface area (Å²) in [5, 5.41) is 0. The largest absolute Gasteiger partial charge is 0.469 e. The Hall–Kier alpha value is -1.45. The van der Waals surface area contributed by atoms with Gasteiger partial charge in [-0.25, -0.2) is 9.13 Å². The number of carbonyl (C=O) groups excluding carboxylic acids is 3. The van der Waals surface area contributed by atoms with Crippen LogP contribution in [0.2, 0.25) is 0 Å². The predicted molar refractivity (Wildman–Crippen MR) is 208 cm³/mol. The van der Waals surface area contributed by atoms with Crippen LogP contribution in [0.5, 0.6) is 0 Å². The number of carbonyl (C=O) groups is 3. The van der Waals surface area contributed by atoms with Crippen molar-refractivity contribution in [2.75, 3.05) is 46.2 Å². The molecule has 0 amide bonds. The molecule has 0 radical (unpaired) electrons. The van der Waals surface area contributed by atoms with Crippen molar-refractivity contribution in [1.82, 2.24) is 0 Å². The molecule has 0 bridgehead atoms. The molecule has 18 heteroatoms. The quantitative estimate of drug-likeness (QED) is 0.0418. The highest BCUT2D eigenvalue weighted by atomic mass is 31.2. The van der Waals surface area contributed by atoms with Gasteiger partial charge in [0.25, 0.3) is 0 Å². The van der Waals surface area contributed by atoms with Crippen LogP contribution in [0.4, 0.5) is 0 Å². The van der Waals surface area contributed by atoms with E-state index in [1.807, 2.05) is 20.8 Å². The Balaban J connectivity index is -0.0000000487. The number of phosphoric acid groups is 2. The van der Waals surface area contributed by atoms with Gasteiger partial charge < -0.3 is 43.3 Å². The molecule has 0 rings (SSSR count). The highest BCUT2D eigenvalue weighted by Gasteiger charge is 2.20. The van der Waals surface area contributed by atoms with Crippen molar-refractivity contribution in [3.8, 4) is 0 Å². The van der Waals surface area contributed by atoms with E-state index in [0.717, 1.165) is 13.0 Å². The molecule has 4 N–H and O–H groups in total. The molecule has 0 aromatic rings. The molecule has 2 atom stereocenters. The Labute approximate surface area is 313 Å². The standard InChI is InChI=1S/C12H24O4.C7H15O6P.C6H13O6P.8CH4/c1-5-6-15-11(4)9-14-7-8-16-12(13)10(2)3;1-5(2)7(8)12-4-6(3)13-14(9,10)11;1-5(2)6(7)11-3-4-12-13(8,9)10;;;;;;;;/h10-11H,5-9H2,1-4H3;5-6H,4H2,1-3H3,(H2,9,10,11);5H,3-4H2,1-2H3,(H2,8,9,10);8*1H4. The molecule has 322 valence electrons. The zero-order chi connectivity index (χ0) is 34.2. The molecule has 0 fully saturated rings. The van der Waals surface area contributed by atoms with E-state index in [1.165, 1.54) is 6.92 Å². The molecule has 0 aromatic heterocycles. The number of rotatable bonds is 19. The van der Waals surface area contributed by atoms with Gasteiger partial charge >= 0.3 is 33.6 Å². The molecule has 0 aromatic carbocycles. The van der Waals surface area contributed by atoms with E-state index in [2.05, 4.69) is 20.7 Å². The molecule has 51 heavy (non-hydrogen) atoms. The first-order chi connectivity index (χ1) is 19.6. The van der Waals surface area contributed by atoms with E-state index in [1.54, 1.807) is 27.7 Å². The lowest BCUT2D eigenvalue weighted by Crippen LogP contribution is -2.20. The Morgan fingerprint density at radius 3 is 1.22 bits per heavy atom. The van der Waals surface area contributed by atoms with Crippen LogP contribution in [-0.4, -0.2) is 95.9 Å². The first kappa shape index (κ1) is 78.6. The first-order valence-electron chi connectivity index (χ1n) is 13.8. The molecule has 0 aliphatic heterocycles. The van der Waals surface area contributed by atoms with Crippen molar-refractivity contribution >= 4 is 33.6 Å². The maximum Gasteiger partial charge on any atom is 0.469 e. The zero-order valence-electron chi connectivity index (χ0n) is 26.6. The second-order valence-electron chi connectivity index (χ2n) is 9.92. The average molecular weight is 799 g/mol. The van der Waals surface area contributed by atoms with Crippen LogP contribution in [0.1, 0.15) is 128 Å². The van der Waals surface area contributed by atoms with Gasteiger partial charge in [0.05, 0.1) is 43.7 Å². The minimum absolute atomic E-state index is 0. The Kier molecular flexibility index (Phi) is 68.9. The Morgan fingerprint density at radius 1 is 0.510 bits per heavy atom. The number of esters is 3. The third-order valence-electron chi connectivity index (χ3n) is 4.21. The molecular formula is C33H84O16P2. The van der Waals surface area contributed by atoms with Crippen molar-refractivity contribution in [3.05, 3.63) is 0 Å². The highest BCUT2D eigenvalue weighted by molar-refractivity contribution is 7.46. The third-order valence-corrected chi connectivity index (χ3v) is 5.36. The molecular weight excluding hydrogens is 714 g/mol. The summed E-state index contributed by atoms with van der Waals surface area (Å²) in [6.45, 7) is 17.1.